The van der Waals surface area contributed by atoms with Crippen LogP contribution < -0.4 is 10.1 Å². The summed E-state index contributed by atoms with van der Waals surface area (Å²) in [5.74, 6) is 0.163. The van der Waals surface area contributed by atoms with Crippen LogP contribution in [0, 0.1) is 0 Å². The van der Waals surface area contributed by atoms with Crippen molar-refractivity contribution in [1.82, 2.24) is 9.62 Å². The van der Waals surface area contributed by atoms with Crippen molar-refractivity contribution in [1.29, 1.82) is 0 Å². The first-order chi connectivity index (χ1) is 11.6. The molecule has 0 aliphatic rings. The van der Waals surface area contributed by atoms with E-state index < -0.39 is 11.9 Å². The minimum absolute atomic E-state index is 0.487. The molecule has 0 saturated heterocycles. The van der Waals surface area contributed by atoms with E-state index in [-0.39, 0.29) is 0 Å². The van der Waals surface area contributed by atoms with Crippen molar-refractivity contribution in [3.8, 4) is 5.75 Å². The predicted molar refractivity (Wildman–Crippen MR) is 95.6 cm³/mol. The highest BCUT2D eigenvalue weighted by Gasteiger charge is 2.12. The molecule has 0 radical (unpaired) electrons. The Morgan fingerprint density at radius 3 is 2.46 bits per heavy atom. The average Bonchev–Trinajstić information content (AvgIpc) is 2.61. The predicted octanol–water partition coefficient (Wildman–Crippen LogP) is 3.58. The summed E-state index contributed by atoms with van der Waals surface area (Å²) >= 11 is 1.24. The molecule has 0 aromatic heterocycles. The number of amides is 3. The molecular weight excluding hydrogens is 324 g/mol. The maximum Gasteiger partial charge on any atom is 0.334 e. The largest absolute Gasteiger partial charge is 0.496 e. The van der Waals surface area contributed by atoms with Crippen LogP contribution in [-0.4, -0.2) is 30.4 Å². The average molecular weight is 342 g/mol. The lowest BCUT2D eigenvalue weighted by Crippen LogP contribution is -2.36. The summed E-state index contributed by atoms with van der Waals surface area (Å²) < 4.78 is 6.57. The molecule has 0 saturated carbocycles. The number of hydrogen-bond acceptors (Lipinski definition) is 4. The minimum Gasteiger partial charge on any atom is -0.496 e. The van der Waals surface area contributed by atoms with Gasteiger partial charge in [0.2, 0.25) is 0 Å². The fourth-order valence-electron chi connectivity index (χ4n) is 1.88. The third-order valence-electron chi connectivity index (χ3n) is 3.05. The zero-order valence-corrected chi connectivity index (χ0v) is 14.2. The highest BCUT2D eigenvalue weighted by Crippen LogP contribution is 2.20. The van der Waals surface area contributed by atoms with E-state index in [1.54, 1.807) is 26.3 Å². The van der Waals surface area contributed by atoms with Crippen molar-refractivity contribution in [2.24, 2.45) is 0 Å². The quantitative estimate of drug-likeness (QED) is 0.666. The van der Waals surface area contributed by atoms with Crippen LogP contribution in [0.2, 0.25) is 0 Å². The van der Waals surface area contributed by atoms with Gasteiger partial charge in [0.25, 0.3) is 5.91 Å². The molecule has 1 N–H and O–H groups in total. The van der Waals surface area contributed by atoms with Crippen molar-refractivity contribution < 1.29 is 14.3 Å². The lowest BCUT2D eigenvalue weighted by Gasteiger charge is -2.15. The number of para-hydroxylation sites is 1. The molecule has 0 atom stereocenters. The van der Waals surface area contributed by atoms with Crippen LogP contribution in [-0.2, 0) is 4.79 Å². The first kappa shape index (κ1) is 17.6. The van der Waals surface area contributed by atoms with Gasteiger partial charge in [-0.1, -0.05) is 36.4 Å². The van der Waals surface area contributed by atoms with Crippen molar-refractivity contribution in [2.75, 3.05) is 14.2 Å². The van der Waals surface area contributed by atoms with Crippen LogP contribution in [0.4, 0.5) is 4.79 Å². The smallest absolute Gasteiger partial charge is 0.334 e. The van der Waals surface area contributed by atoms with Gasteiger partial charge in [-0.3, -0.25) is 14.4 Å². The third-order valence-corrected chi connectivity index (χ3v) is 3.98. The molecule has 0 spiro atoms. The van der Waals surface area contributed by atoms with Gasteiger partial charge < -0.3 is 4.74 Å². The van der Waals surface area contributed by atoms with E-state index >= 15 is 0 Å². The maximum atomic E-state index is 12.0. The van der Waals surface area contributed by atoms with E-state index in [2.05, 4.69) is 5.32 Å². The Balaban J connectivity index is 1.91. The van der Waals surface area contributed by atoms with Crippen LogP contribution in [0.5, 0.6) is 5.75 Å². The number of carbonyl (C=O) groups is 2. The van der Waals surface area contributed by atoms with Gasteiger partial charge in [-0.15, -0.1) is 0 Å². The third kappa shape index (κ3) is 5.17. The normalized spacial score (nSPS) is 10.4. The standard InChI is InChI=1S/C18H18N2O3S/c1-20(24-15-9-4-3-5-10-15)18(22)19-17(21)13-12-14-8-6-7-11-16(14)23-2/h3-13H,1-2H3,(H,19,21,22)/b13-12+. The monoisotopic (exact) mass is 342 g/mol. The van der Waals surface area contributed by atoms with Crippen molar-refractivity contribution in [3.63, 3.8) is 0 Å². The zero-order chi connectivity index (χ0) is 17.4. The number of rotatable bonds is 5. The minimum atomic E-state index is -0.494. The second-order valence-corrected chi connectivity index (χ2v) is 5.97. The van der Waals surface area contributed by atoms with Gasteiger partial charge in [-0.05, 0) is 36.2 Å². The van der Waals surface area contributed by atoms with E-state index in [1.807, 2.05) is 48.5 Å². The van der Waals surface area contributed by atoms with Gasteiger partial charge in [-0.2, -0.15) is 0 Å². The van der Waals surface area contributed by atoms with Gasteiger partial charge in [-0.25, -0.2) is 4.79 Å². The van der Waals surface area contributed by atoms with Gasteiger partial charge in [0.05, 0.1) is 7.11 Å². The van der Waals surface area contributed by atoms with Gasteiger partial charge in [0, 0.05) is 23.6 Å². The molecule has 124 valence electrons. The Hall–Kier alpha value is -2.73. The number of hydrogen-bond donors (Lipinski definition) is 1. The van der Waals surface area contributed by atoms with E-state index in [0.29, 0.717) is 5.75 Å². The number of imide groups is 1. The molecular formula is C18H18N2O3S. The number of ether oxygens (including phenoxy) is 1. The van der Waals surface area contributed by atoms with E-state index in [0.717, 1.165) is 10.5 Å². The van der Waals surface area contributed by atoms with Crippen LogP contribution in [0.15, 0.2) is 65.6 Å². The van der Waals surface area contributed by atoms with Crippen LogP contribution in [0.3, 0.4) is 0 Å². The van der Waals surface area contributed by atoms with Gasteiger partial charge >= 0.3 is 6.03 Å². The van der Waals surface area contributed by atoms with Crippen molar-refractivity contribution in [2.45, 2.75) is 4.90 Å². The number of benzene rings is 2. The second kappa shape index (κ2) is 8.79. The molecule has 0 unspecified atom stereocenters. The SMILES string of the molecule is COc1ccccc1/C=C/C(=O)NC(=O)N(C)Sc1ccccc1. The lowest BCUT2D eigenvalue weighted by molar-refractivity contribution is -0.115. The summed E-state index contributed by atoms with van der Waals surface area (Å²) in [6, 6.07) is 16.3. The second-order valence-electron chi connectivity index (χ2n) is 4.77. The zero-order valence-electron chi connectivity index (χ0n) is 13.4. The molecule has 0 aliphatic carbocycles. The summed E-state index contributed by atoms with van der Waals surface area (Å²) in [4.78, 5) is 24.8. The maximum absolute atomic E-state index is 12.0. The summed E-state index contributed by atoms with van der Waals surface area (Å²) in [5, 5.41) is 2.31. The summed E-state index contributed by atoms with van der Waals surface area (Å²) in [7, 11) is 3.16. The number of methoxy groups -OCH3 is 1. The fraction of sp³-hybridized carbons (Fsp3) is 0.111. The molecule has 0 fully saturated rings. The Morgan fingerprint density at radius 2 is 1.75 bits per heavy atom. The van der Waals surface area contributed by atoms with E-state index in [9.17, 15) is 9.59 Å². The number of carbonyl (C=O) groups excluding carboxylic acids is 2. The van der Waals surface area contributed by atoms with Crippen LogP contribution >= 0.6 is 11.9 Å². The van der Waals surface area contributed by atoms with Crippen LogP contribution in [0.1, 0.15) is 5.56 Å². The summed E-state index contributed by atoms with van der Waals surface area (Å²) in [5.41, 5.74) is 0.759. The molecule has 0 heterocycles. The molecule has 0 bridgehead atoms. The molecule has 5 nitrogen and oxygen atoms in total. The molecule has 2 aromatic carbocycles. The Morgan fingerprint density at radius 1 is 1.08 bits per heavy atom. The first-order valence-corrected chi connectivity index (χ1v) is 8.00. The lowest BCUT2D eigenvalue weighted by atomic mass is 10.2. The Bertz CT molecular complexity index is 732. The first-order valence-electron chi connectivity index (χ1n) is 7.23. The number of urea groups is 1. The Labute approximate surface area is 145 Å². The van der Waals surface area contributed by atoms with Gasteiger partial charge in [0.15, 0.2) is 0 Å². The molecule has 3 amide bonds. The molecule has 0 aliphatic heterocycles. The summed E-state index contributed by atoms with van der Waals surface area (Å²) in [6.07, 6.45) is 2.91. The van der Waals surface area contributed by atoms with E-state index in [1.165, 1.54) is 22.3 Å². The highest BCUT2D eigenvalue weighted by atomic mass is 32.2. The molecule has 2 aromatic rings. The van der Waals surface area contributed by atoms with Crippen molar-refractivity contribution in [3.05, 3.63) is 66.2 Å². The van der Waals surface area contributed by atoms with E-state index in [4.69, 9.17) is 4.74 Å². The Kier molecular flexibility index (Phi) is 6.45. The summed E-state index contributed by atoms with van der Waals surface area (Å²) in [6.45, 7) is 0. The van der Waals surface area contributed by atoms with Gasteiger partial charge in [0.1, 0.15) is 5.75 Å². The van der Waals surface area contributed by atoms with Crippen LogP contribution in [0.25, 0.3) is 6.08 Å². The molecule has 24 heavy (non-hydrogen) atoms. The number of nitrogens with one attached hydrogen (secondary N) is 1. The molecule has 2 rings (SSSR count). The van der Waals surface area contributed by atoms with Crippen molar-refractivity contribution >= 4 is 30.0 Å². The fourth-order valence-corrected chi connectivity index (χ4v) is 2.60. The topological polar surface area (TPSA) is 58.6 Å². The highest BCUT2D eigenvalue weighted by molar-refractivity contribution is 7.97. The molecule has 6 heteroatoms. The number of nitrogens with zero attached hydrogens (tertiary/aromatic N) is 1.